The maximum absolute atomic E-state index is 6.23. The monoisotopic (exact) mass is 575 g/mol. The highest BCUT2D eigenvalue weighted by atomic mass is 16.3. The Balaban J connectivity index is 1.31. The molecule has 2 aromatic heterocycles. The third-order valence-electron chi connectivity index (χ3n) is 8.54. The summed E-state index contributed by atoms with van der Waals surface area (Å²) in [6, 6.07) is 52.2. The highest BCUT2D eigenvalue weighted by Gasteiger charge is 2.19. The van der Waals surface area contributed by atoms with Gasteiger partial charge in [0.05, 0.1) is 0 Å². The number of benzene rings is 7. The average Bonchev–Trinajstić information content (AvgIpc) is 3.51. The molecule has 0 saturated carbocycles. The topological polar surface area (TPSA) is 51.8 Å². The predicted molar refractivity (Wildman–Crippen MR) is 184 cm³/mol. The lowest BCUT2D eigenvalue weighted by Crippen LogP contribution is -2.01. The van der Waals surface area contributed by atoms with Gasteiger partial charge in [-0.1, -0.05) is 133 Å². The Labute approximate surface area is 259 Å². The van der Waals surface area contributed by atoms with Crippen LogP contribution in [0, 0.1) is 0 Å². The van der Waals surface area contributed by atoms with Crippen molar-refractivity contribution < 1.29 is 4.42 Å². The molecule has 0 atom stereocenters. The highest BCUT2D eigenvalue weighted by molar-refractivity contribution is 6.14. The van der Waals surface area contributed by atoms with Crippen molar-refractivity contribution in [3.05, 3.63) is 152 Å². The SMILES string of the molecule is c1ccc(-c2ccc(-c3nc(-c4cc5ccccc5c5ccccc45)nc(-c4cccc5oc6ccccc6c45)n3)cc2)cc1. The van der Waals surface area contributed by atoms with Gasteiger partial charge in [0.15, 0.2) is 17.5 Å². The molecule has 7 aromatic carbocycles. The fourth-order valence-electron chi connectivity index (χ4n) is 6.39. The van der Waals surface area contributed by atoms with Crippen LogP contribution in [-0.4, -0.2) is 15.0 Å². The predicted octanol–water partition coefficient (Wildman–Crippen LogP) is 10.7. The lowest BCUT2D eigenvalue weighted by molar-refractivity contribution is 0.669. The first kappa shape index (κ1) is 25.4. The molecule has 0 aliphatic heterocycles. The quantitative estimate of drug-likeness (QED) is 0.196. The van der Waals surface area contributed by atoms with Crippen molar-refractivity contribution in [2.24, 2.45) is 0 Å². The van der Waals surface area contributed by atoms with Crippen molar-refractivity contribution in [2.45, 2.75) is 0 Å². The zero-order valence-corrected chi connectivity index (χ0v) is 24.2. The first-order valence-electron chi connectivity index (χ1n) is 15.0. The van der Waals surface area contributed by atoms with Crippen molar-refractivity contribution in [1.29, 1.82) is 0 Å². The Morgan fingerprint density at radius 2 is 0.933 bits per heavy atom. The van der Waals surface area contributed by atoms with Crippen LogP contribution < -0.4 is 0 Å². The normalized spacial score (nSPS) is 11.6. The second kappa shape index (κ2) is 10.2. The highest BCUT2D eigenvalue weighted by Crippen LogP contribution is 2.38. The van der Waals surface area contributed by atoms with E-state index in [1.54, 1.807) is 0 Å². The van der Waals surface area contributed by atoms with Gasteiger partial charge in [-0.05, 0) is 50.9 Å². The van der Waals surface area contributed by atoms with E-state index in [9.17, 15) is 0 Å². The fourth-order valence-corrected chi connectivity index (χ4v) is 6.39. The Morgan fingerprint density at radius 3 is 1.76 bits per heavy atom. The molecule has 0 N–H and O–H groups in total. The van der Waals surface area contributed by atoms with Gasteiger partial charge in [-0.2, -0.15) is 0 Å². The van der Waals surface area contributed by atoms with E-state index in [4.69, 9.17) is 19.4 Å². The molecule has 9 aromatic rings. The van der Waals surface area contributed by atoms with Gasteiger partial charge in [0.2, 0.25) is 0 Å². The molecule has 210 valence electrons. The van der Waals surface area contributed by atoms with E-state index in [1.165, 1.54) is 16.3 Å². The van der Waals surface area contributed by atoms with Crippen molar-refractivity contribution >= 4 is 43.5 Å². The zero-order valence-electron chi connectivity index (χ0n) is 24.2. The van der Waals surface area contributed by atoms with E-state index in [-0.39, 0.29) is 0 Å². The zero-order chi connectivity index (χ0) is 29.7. The minimum atomic E-state index is 0.608. The second-order valence-electron chi connectivity index (χ2n) is 11.2. The molecule has 4 heteroatoms. The molecule has 0 spiro atoms. The molecule has 2 heterocycles. The van der Waals surface area contributed by atoms with Gasteiger partial charge < -0.3 is 4.42 Å². The molecule has 0 amide bonds. The maximum Gasteiger partial charge on any atom is 0.164 e. The maximum atomic E-state index is 6.23. The van der Waals surface area contributed by atoms with Gasteiger partial charge in [0.1, 0.15) is 11.2 Å². The van der Waals surface area contributed by atoms with Crippen molar-refractivity contribution in [2.75, 3.05) is 0 Å². The van der Waals surface area contributed by atoms with Crippen molar-refractivity contribution in [3.8, 4) is 45.3 Å². The molecule has 0 radical (unpaired) electrons. The lowest BCUT2D eigenvalue weighted by Gasteiger charge is -2.13. The summed E-state index contributed by atoms with van der Waals surface area (Å²) >= 11 is 0. The molecule has 4 nitrogen and oxygen atoms in total. The molecule has 0 unspecified atom stereocenters. The van der Waals surface area contributed by atoms with E-state index < -0.39 is 0 Å². The molecular weight excluding hydrogens is 550 g/mol. The number of fused-ring (bicyclic) bond motifs is 6. The summed E-state index contributed by atoms with van der Waals surface area (Å²) in [5.41, 5.74) is 6.76. The Bertz CT molecular complexity index is 2530. The third-order valence-corrected chi connectivity index (χ3v) is 8.54. The second-order valence-corrected chi connectivity index (χ2v) is 11.2. The third kappa shape index (κ3) is 4.27. The number of para-hydroxylation sites is 1. The number of hydrogen-bond donors (Lipinski definition) is 0. The first-order chi connectivity index (χ1) is 22.3. The fraction of sp³-hybridized carbons (Fsp3) is 0. The van der Waals surface area contributed by atoms with Gasteiger partial charge in [-0.3, -0.25) is 0 Å². The summed E-state index contributed by atoms with van der Waals surface area (Å²) in [7, 11) is 0. The van der Waals surface area contributed by atoms with Crippen LogP contribution in [0.5, 0.6) is 0 Å². The Morgan fingerprint density at radius 1 is 0.356 bits per heavy atom. The van der Waals surface area contributed by atoms with Crippen molar-refractivity contribution in [1.82, 2.24) is 15.0 Å². The van der Waals surface area contributed by atoms with Gasteiger partial charge in [0.25, 0.3) is 0 Å². The van der Waals surface area contributed by atoms with E-state index in [0.717, 1.165) is 55.0 Å². The molecule has 0 fully saturated rings. The van der Waals surface area contributed by atoms with E-state index in [0.29, 0.717) is 17.5 Å². The van der Waals surface area contributed by atoms with Gasteiger partial charge in [-0.15, -0.1) is 0 Å². The summed E-state index contributed by atoms with van der Waals surface area (Å²) in [5.74, 6) is 1.86. The molecular formula is C41H25N3O. The van der Waals surface area contributed by atoms with E-state index in [2.05, 4.69) is 115 Å². The molecule has 0 aliphatic rings. The van der Waals surface area contributed by atoms with Crippen LogP contribution in [0.15, 0.2) is 156 Å². The summed E-state index contributed by atoms with van der Waals surface area (Å²) in [4.78, 5) is 15.5. The number of aromatic nitrogens is 3. The van der Waals surface area contributed by atoms with Crippen LogP contribution in [0.2, 0.25) is 0 Å². The first-order valence-corrected chi connectivity index (χ1v) is 15.0. The number of furan rings is 1. The Kier molecular flexibility index (Phi) is 5.78. The summed E-state index contributed by atoms with van der Waals surface area (Å²) in [6.45, 7) is 0. The van der Waals surface area contributed by atoms with Crippen LogP contribution in [0.1, 0.15) is 0 Å². The summed E-state index contributed by atoms with van der Waals surface area (Å²) in [5, 5.41) is 6.66. The van der Waals surface area contributed by atoms with E-state index >= 15 is 0 Å². The molecule has 0 aliphatic carbocycles. The largest absolute Gasteiger partial charge is 0.456 e. The lowest BCUT2D eigenvalue weighted by atomic mass is 9.96. The summed E-state index contributed by atoms with van der Waals surface area (Å²) < 4.78 is 6.23. The van der Waals surface area contributed by atoms with Crippen molar-refractivity contribution in [3.63, 3.8) is 0 Å². The molecule has 0 bridgehead atoms. The van der Waals surface area contributed by atoms with Crippen LogP contribution in [-0.2, 0) is 0 Å². The average molecular weight is 576 g/mol. The summed E-state index contributed by atoms with van der Waals surface area (Å²) in [6.07, 6.45) is 0. The Hall–Kier alpha value is -6.13. The van der Waals surface area contributed by atoms with E-state index in [1.807, 2.05) is 36.4 Å². The molecule has 45 heavy (non-hydrogen) atoms. The van der Waals surface area contributed by atoms with Crippen LogP contribution in [0.4, 0.5) is 0 Å². The minimum absolute atomic E-state index is 0.608. The van der Waals surface area contributed by atoms with Crippen LogP contribution in [0.3, 0.4) is 0 Å². The number of rotatable bonds is 4. The number of nitrogens with zero attached hydrogens (tertiary/aromatic N) is 3. The standard InChI is InChI=1S/C41H25N3O/c1-2-11-26(12-3-1)27-21-23-28(24-22-27)39-42-40(34-18-10-20-37-38(34)33-17-8-9-19-36(33)45-37)44-41(43-39)35-25-29-13-4-5-14-30(29)31-15-6-7-16-32(31)35/h1-25H. The van der Waals surface area contributed by atoms with Gasteiger partial charge in [0, 0.05) is 27.5 Å². The minimum Gasteiger partial charge on any atom is -0.456 e. The molecule has 9 rings (SSSR count). The van der Waals surface area contributed by atoms with Crippen LogP contribution >= 0.6 is 0 Å². The molecule has 0 saturated heterocycles. The number of hydrogen-bond acceptors (Lipinski definition) is 4. The van der Waals surface area contributed by atoms with Gasteiger partial charge in [-0.25, -0.2) is 15.0 Å². The van der Waals surface area contributed by atoms with Crippen LogP contribution in [0.25, 0.3) is 88.8 Å². The van der Waals surface area contributed by atoms with Gasteiger partial charge >= 0.3 is 0 Å². The smallest absolute Gasteiger partial charge is 0.164 e.